The molecule has 1 aliphatic heterocycles. The Morgan fingerprint density at radius 2 is 1.85 bits per heavy atom. The molecule has 0 N–H and O–H groups in total. The molecule has 0 saturated carbocycles. The predicted molar refractivity (Wildman–Crippen MR) is 80.6 cm³/mol. The van der Waals surface area contributed by atoms with Gasteiger partial charge in [-0.25, -0.2) is 12.8 Å². The average molecular weight is 431 g/mol. The smallest absolute Gasteiger partial charge is 0.245 e. The molecule has 1 fully saturated rings. The van der Waals surface area contributed by atoms with Crippen LogP contribution in [0.15, 0.2) is 26.0 Å². The topological polar surface area (TPSA) is 46.6 Å². The van der Waals surface area contributed by atoms with Gasteiger partial charge >= 0.3 is 0 Å². The molecule has 0 amide bonds. The van der Waals surface area contributed by atoms with Gasteiger partial charge in [0.2, 0.25) is 10.0 Å². The molecule has 1 aliphatic rings. The highest BCUT2D eigenvalue weighted by molar-refractivity contribution is 9.11. The number of benzene rings is 1. The minimum absolute atomic E-state index is 0.0385. The summed E-state index contributed by atoms with van der Waals surface area (Å²) < 4.78 is 46.0. The minimum atomic E-state index is -3.72. The second-order valence-electron chi connectivity index (χ2n) is 5.15. The van der Waals surface area contributed by atoms with Crippen LogP contribution in [0.25, 0.3) is 0 Å². The van der Waals surface area contributed by atoms with Crippen LogP contribution in [0.1, 0.15) is 13.8 Å². The first-order valence-electron chi connectivity index (χ1n) is 5.92. The Morgan fingerprint density at radius 1 is 1.30 bits per heavy atom. The molecule has 4 nitrogen and oxygen atoms in total. The molecule has 0 aromatic heterocycles. The summed E-state index contributed by atoms with van der Waals surface area (Å²) in [6.45, 7) is 4.54. The van der Waals surface area contributed by atoms with Gasteiger partial charge in [0.25, 0.3) is 0 Å². The number of halogens is 3. The summed E-state index contributed by atoms with van der Waals surface area (Å²) >= 11 is 6.24. The predicted octanol–water partition coefficient (Wildman–Crippen LogP) is 3.15. The van der Waals surface area contributed by atoms with E-state index in [1.807, 2.05) is 13.8 Å². The summed E-state index contributed by atoms with van der Waals surface area (Å²) in [6.07, 6.45) is 0. The molecule has 0 bridgehead atoms. The largest absolute Gasteiger partial charge is 0.373 e. The first-order valence-corrected chi connectivity index (χ1v) is 8.95. The molecule has 1 aromatic carbocycles. The lowest BCUT2D eigenvalue weighted by Gasteiger charge is -2.37. The molecule has 0 radical (unpaired) electrons. The standard InChI is InChI=1S/C12H14Br2FNO3S/c1-12(2)7-16(3-4-19-12)20(17,18)11-9(13)5-8(15)6-10(11)14/h5-6H,3-4,7H2,1-2H3. The lowest BCUT2D eigenvalue weighted by atomic mass is 10.1. The van der Waals surface area contributed by atoms with Crippen molar-refractivity contribution in [3.05, 3.63) is 26.9 Å². The molecule has 2 rings (SSSR count). The zero-order valence-electron chi connectivity index (χ0n) is 11.0. The second kappa shape index (κ2) is 5.64. The van der Waals surface area contributed by atoms with E-state index in [1.165, 1.54) is 4.31 Å². The highest BCUT2D eigenvalue weighted by Gasteiger charge is 2.36. The van der Waals surface area contributed by atoms with Crippen LogP contribution in [0.4, 0.5) is 4.39 Å². The fourth-order valence-corrected chi connectivity index (χ4v) is 6.11. The molecule has 1 heterocycles. The van der Waals surface area contributed by atoms with Crippen LogP contribution in [0.3, 0.4) is 0 Å². The number of rotatable bonds is 2. The van der Waals surface area contributed by atoms with Crippen LogP contribution in [0.2, 0.25) is 0 Å². The molecule has 1 aromatic rings. The maximum atomic E-state index is 13.3. The molecule has 0 aliphatic carbocycles. The van der Waals surface area contributed by atoms with Gasteiger partial charge in [-0.1, -0.05) is 0 Å². The average Bonchev–Trinajstić information content (AvgIpc) is 2.25. The van der Waals surface area contributed by atoms with E-state index >= 15 is 0 Å². The zero-order chi connectivity index (χ0) is 15.1. The molecule has 0 spiro atoms. The molecule has 8 heteroatoms. The van der Waals surface area contributed by atoms with Gasteiger partial charge in [0, 0.05) is 22.0 Å². The Kier molecular flexibility index (Phi) is 4.61. The molecular formula is C12H14Br2FNO3S. The summed E-state index contributed by atoms with van der Waals surface area (Å²) in [4.78, 5) is 0.0385. The third-order valence-corrected chi connectivity index (χ3v) is 6.67. The van der Waals surface area contributed by atoms with Gasteiger partial charge in [-0.2, -0.15) is 4.31 Å². The summed E-state index contributed by atoms with van der Waals surface area (Å²) in [5.74, 6) is -0.509. The summed E-state index contributed by atoms with van der Waals surface area (Å²) in [7, 11) is -3.72. The van der Waals surface area contributed by atoms with E-state index in [9.17, 15) is 12.8 Å². The van der Waals surface area contributed by atoms with Crippen molar-refractivity contribution in [1.82, 2.24) is 4.31 Å². The molecule has 112 valence electrons. The van der Waals surface area contributed by atoms with E-state index in [0.717, 1.165) is 12.1 Å². The van der Waals surface area contributed by atoms with E-state index in [2.05, 4.69) is 31.9 Å². The van der Waals surface area contributed by atoms with Crippen LogP contribution in [0.5, 0.6) is 0 Å². The van der Waals surface area contributed by atoms with Crippen molar-refractivity contribution in [2.75, 3.05) is 19.7 Å². The maximum absolute atomic E-state index is 13.3. The summed E-state index contributed by atoms with van der Waals surface area (Å²) in [6, 6.07) is 2.28. The van der Waals surface area contributed by atoms with Gasteiger partial charge in [-0.15, -0.1) is 0 Å². The number of hydrogen-bond acceptors (Lipinski definition) is 3. The van der Waals surface area contributed by atoms with E-state index < -0.39 is 21.4 Å². The number of hydrogen-bond donors (Lipinski definition) is 0. The number of nitrogens with zero attached hydrogens (tertiary/aromatic N) is 1. The van der Waals surface area contributed by atoms with Crippen LogP contribution in [-0.4, -0.2) is 38.0 Å². The van der Waals surface area contributed by atoms with Crippen molar-refractivity contribution in [2.45, 2.75) is 24.3 Å². The van der Waals surface area contributed by atoms with Crippen molar-refractivity contribution >= 4 is 41.9 Å². The highest BCUT2D eigenvalue weighted by atomic mass is 79.9. The van der Waals surface area contributed by atoms with Gasteiger partial charge in [0.15, 0.2) is 0 Å². The zero-order valence-corrected chi connectivity index (χ0v) is 15.0. The van der Waals surface area contributed by atoms with Crippen molar-refractivity contribution in [3.8, 4) is 0 Å². The van der Waals surface area contributed by atoms with E-state index in [4.69, 9.17) is 4.74 Å². The first-order chi connectivity index (χ1) is 9.13. The van der Waals surface area contributed by atoms with Gasteiger partial charge in [-0.3, -0.25) is 0 Å². The quantitative estimate of drug-likeness (QED) is 0.723. The SMILES string of the molecule is CC1(C)CN(S(=O)(=O)c2c(Br)cc(F)cc2Br)CCO1. The second-order valence-corrected chi connectivity index (χ2v) is 8.73. The van der Waals surface area contributed by atoms with Crippen LogP contribution in [0, 0.1) is 5.82 Å². The Bertz CT molecular complexity index is 611. The van der Waals surface area contributed by atoms with Crippen molar-refractivity contribution in [1.29, 1.82) is 0 Å². The molecule has 0 atom stereocenters. The third kappa shape index (κ3) is 3.24. The first kappa shape index (κ1) is 16.4. The highest BCUT2D eigenvalue weighted by Crippen LogP contribution is 2.34. The molecule has 0 unspecified atom stereocenters. The van der Waals surface area contributed by atoms with Crippen molar-refractivity contribution in [2.24, 2.45) is 0 Å². The number of morpholine rings is 1. The van der Waals surface area contributed by atoms with Crippen LogP contribution >= 0.6 is 31.9 Å². The van der Waals surface area contributed by atoms with Crippen molar-refractivity contribution < 1.29 is 17.5 Å². The summed E-state index contributed by atoms with van der Waals surface area (Å²) in [5.41, 5.74) is -0.537. The third-order valence-electron chi connectivity index (χ3n) is 2.95. The van der Waals surface area contributed by atoms with E-state index in [-0.39, 0.29) is 26.9 Å². The molecular weight excluding hydrogens is 417 g/mol. The van der Waals surface area contributed by atoms with Crippen molar-refractivity contribution in [3.63, 3.8) is 0 Å². The Morgan fingerprint density at radius 3 is 2.35 bits per heavy atom. The van der Waals surface area contributed by atoms with E-state index in [0.29, 0.717) is 6.61 Å². The monoisotopic (exact) mass is 429 g/mol. The normalized spacial score (nSPS) is 20.1. The van der Waals surface area contributed by atoms with Crippen LogP contribution in [-0.2, 0) is 14.8 Å². The molecule has 1 saturated heterocycles. The maximum Gasteiger partial charge on any atom is 0.245 e. The van der Waals surface area contributed by atoms with Crippen LogP contribution < -0.4 is 0 Å². The van der Waals surface area contributed by atoms with Gasteiger partial charge < -0.3 is 4.74 Å². The number of sulfonamides is 1. The van der Waals surface area contributed by atoms with Gasteiger partial charge in [0.1, 0.15) is 10.7 Å². The lowest BCUT2D eigenvalue weighted by molar-refractivity contribution is -0.0640. The Hall–Kier alpha value is -0.0200. The summed E-state index contributed by atoms with van der Waals surface area (Å²) in [5, 5.41) is 0. The number of ether oxygens (including phenoxy) is 1. The van der Waals surface area contributed by atoms with Gasteiger partial charge in [0.05, 0.1) is 12.2 Å². The van der Waals surface area contributed by atoms with E-state index in [1.54, 1.807) is 0 Å². The minimum Gasteiger partial charge on any atom is -0.373 e. The fourth-order valence-electron chi connectivity index (χ4n) is 2.08. The fraction of sp³-hybridized carbons (Fsp3) is 0.500. The molecule has 20 heavy (non-hydrogen) atoms. The Balaban J connectivity index is 2.46. The lowest BCUT2D eigenvalue weighted by Crippen LogP contribution is -2.50. The van der Waals surface area contributed by atoms with Gasteiger partial charge in [-0.05, 0) is 57.8 Å². The Labute approximate surface area is 134 Å².